The van der Waals surface area contributed by atoms with E-state index in [4.69, 9.17) is 5.84 Å². The first-order valence-electron chi connectivity index (χ1n) is 12.6. The summed E-state index contributed by atoms with van der Waals surface area (Å²) in [5.41, 5.74) is 2.60. The standard InChI is InChI=1S/C18H20F3N5O3.C7H7F.C2H6/c19-18(20,21)29-15-7-4-8-23-14(15)10-26-17(28)12(11-5-2-1-3-6-11)9-13(25-26)16(27)24-22;1-6-3-2-4-7(8)5-6;1-2/h4,7-9,11H,1-3,5-6,10,22H2,(H,24,27);2-5H,1H3;1-2H3. The number of rotatable bonds is 5. The molecule has 39 heavy (non-hydrogen) atoms. The Bertz CT molecular complexity index is 1260. The van der Waals surface area contributed by atoms with E-state index < -0.39 is 30.1 Å². The zero-order valence-corrected chi connectivity index (χ0v) is 22.1. The van der Waals surface area contributed by atoms with Gasteiger partial charge in [0.25, 0.3) is 11.5 Å². The summed E-state index contributed by atoms with van der Waals surface area (Å²) in [4.78, 5) is 28.9. The van der Waals surface area contributed by atoms with E-state index in [0.717, 1.165) is 48.4 Å². The van der Waals surface area contributed by atoms with Crippen LogP contribution in [0.1, 0.15) is 79.2 Å². The van der Waals surface area contributed by atoms with Crippen LogP contribution < -0.4 is 21.6 Å². The van der Waals surface area contributed by atoms with Gasteiger partial charge in [0.15, 0.2) is 11.4 Å². The minimum Gasteiger partial charge on any atom is -0.404 e. The Labute approximate surface area is 224 Å². The summed E-state index contributed by atoms with van der Waals surface area (Å²) in [6.45, 7) is 5.47. The zero-order valence-electron chi connectivity index (χ0n) is 22.1. The van der Waals surface area contributed by atoms with Gasteiger partial charge in [0, 0.05) is 11.8 Å². The van der Waals surface area contributed by atoms with Gasteiger partial charge in [-0.25, -0.2) is 14.9 Å². The number of nitrogen functional groups attached to an aromatic ring is 1. The monoisotopic (exact) mass is 551 g/mol. The number of pyridine rings is 1. The summed E-state index contributed by atoms with van der Waals surface area (Å²) >= 11 is 0. The van der Waals surface area contributed by atoms with Crippen molar-refractivity contribution in [1.29, 1.82) is 0 Å². The molecule has 4 rings (SSSR count). The molecule has 0 unspecified atom stereocenters. The average molecular weight is 552 g/mol. The third kappa shape index (κ3) is 9.78. The first kappa shape index (κ1) is 31.4. The van der Waals surface area contributed by atoms with Gasteiger partial charge in [0.1, 0.15) is 11.5 Å². The lowest BCUT2D eigenvalue weighted by Crippen LogP contribution is -2.36. The van der Waals surface area contributed by atoms with E-state index in [9.17, 15) is 27.2 Å². The van der Waals surface area contributed by atoms with E-state index in [1.54, 1.807) is 6.07 Å². The average Bonchev–Trinajstić information content (AvgIpc) is 2.91. The van der Waals surface area contributed by atoms with Crippen LogP contribution in [0.5, 0.6) is 5.75 Å². The van der Waals surface area contributed by atoms with Crippen molar-refractivity contribution in [2.24, 2.45) is 5.84 Å². The number of nitrogens with two attached hydrogens (primary N) is 1. The number of benzene rings is 1. The molecule has 1 saturated carbocycles. The van der Waals surface area contributed by atoms with Crippen molar-refractivity contribution in [2.75, 3.05) is 0 Å². The summed E-state index contributed by atoms with van der Waals surface area (Å²) < 4.78 is 55.1. The Kier molecular flexibility index (Phi) is 12.1. The van der Waals surface area contributed by atoms with Crippen LogP contribution in [0.15, 0.2) is 53.5 Å². The van der Waals surface area contributed by atoms with Crippen LogP contribution in [0.3, 0.4) is 0 Å². The lowest BCUT2D eigenvalue weighted by atomic mass is 9.84. The van der Waals surface area contributed by atoms with Crippen LogP contribution in [0, 0.1) is 12.7 Å². The highest BCUT2D eigenvalue weighted by molar-refractivity contribution is 5.91. The second-order valence-electron chi connectivity index (χ2n) is 8.55. The van der Waals surface area contributed by atoms with Gasteiger partial charge in [0.2, 0.25) is 0 Å². The Morgan fingerprint density at radius 1 is 1.13 bits per heavy atom. The predicted molar refractivity (Wildman–Crippen MR) is 138 cm³/mol. The molecule has 1 fully saturated rings. The summed E-state index contributed by atoms with van der Waals surface area (Å²) in [5, 5.41) is 3.97. The molecule has 2 aromatic heterocycles. The van der Waals surface area contributed by atoms with Gasteiger partial charge in [-0.05, 0) is 61.6 Å². The lowest BCUT2D eigenvalue weighted by Gasteiger charge is -2.22. The Hall–Kier alpha value is -3.80. The highest BCUT2D eigenvalue weighted by Crippen LogP contribution is 2.31. The van der Waals surface area contributed by atoms with Crippen LogP contribution >= 0.6 is 0 Å². The number of nitrogens with zero attached hydrogens (tertiary/aromatic N) is 3. The number of hydrogen-bond donors (Lipinski definition) is 2. The molecule has 0 bridgehead atoms. The van der Waals surface area contributed by atoms with Gasteiger partial charge in [-0.2, -0.15) is 5.10 Å². The molecule has 2 heterocycles. The first-order chi connectivity index (χ1) is 18.6. The molecule has 1 aromatic carbocycles. The number of aromatic nitrogens is 3. The second kappa shape index (κ2) is 15.0. The largest absolute Gasteiger partial charge is 0.573 e. The molecule has 8 nitrogen and oxygen atoms in total. The molecular weight excluding hydrogens is 518 g/mol. The molecule has 1 aliphatic rings. The summed E-state index contributed by atoms with van der Waals surface area (Å²) in [7, 11) is 0. The SMILES string of the molecule is CC.Cc1cccc(F)c1.NNC(=O)c1cc(C2CCCCC2)c(=O)n(Cc2ncccc2OC(F)(F)F)n1. The maximum atomic E-state index is 13.0. The molecule has 0 radical (unpaired) electrons. The number of hydrogen-bond acceptors (Lipinski definition) is 6. The number of nitrogens with one attached hydrogen (secondary N) is 1. The maximum absolute atomic E-state index is 13.0. The van der Waals surface area contributed by atoms with Crippen molar-refractivity contribution in [2.45, 2.75) is 71.7 Å². The van der Waals surface area contributed by atoms with Crippen LogP contribution in [0.2, 0.25) is 0 Å². The molecule has 212 valence electrons. The van der Waals surface area contributed by atoms with Gasteiger partial charge in [0.05, 0.1) is 6.54 Å². The molecule has 3 N–H and O–H groups in total. The van der Waals surface area contributed by atoms with Crippen molar-refractivity contribution < 1.29 is 27.1 Å². The van der Waals surface area contributed by atoms with E-state index in [-0.39, 0.29) is 23.1 Å². The van der Waals surface area contributed by atoms with Crippen LogP contribution in [-0.4, -0.2) is 27.0 Å². The van der Waals surface area contributed by atoms with Gasteiger partial charge < -0.3 is 4.74 Å². The van der Waals surface area contributed by atoms with E-state index in [1.165, 1.54) is 30.5 Å². The van der Waals surface area contributed by atoms with E-state index in [1.807, 2.05) is 32.3 Å². The lowest BCUT2D eigenvalue weighted by molar-refractivity contribution is -0.275. The van der Waals surface area contributed by atoms with Crippen LogP contribution in [0.4, 0.5) is 17.6 Å². The quantitative estimate of drug-likeness (QED) is 0.190. The van der Waals surface area contributed by atoms with Crippen molar-refractivity contribution in [3.05, 3.63) is 87.3 Å². The fraction of sp³-hybridized carbons (Fsp3) is 0.407. The van der Waals surface area contributed by atoms with Gasteiger partial charge >= 0.3 is 6.36 Å². The van der Waals surface area contributed by atoms with Gasteiger partial charge in [-0.1, -0.05) is 45.2 Å². The number of carbonyl (C=O) groups excluding carboxylic acids is 1. The topological polar surface area (TPSA) is 112 Å². The Morgan fingerprint density at radius 2 is 1.82 bits per heavy atom. The molecule has 1 aliphatic carbocycles. The first-order valence-corrected chi connectivity index (χ1v) is 12.6. The van der Waals surface area contributed by atoms with Gasteiger partial charge in [-0.3, -0.25) is 20.0 Å². The number of hydrazine groups is 1. The molecule has 0 aliphatic heterocycles. The van der Waals surface area contributed by atoms with E-state index in [2.05, 4.69) is 14.8 Å². The normalized spacial score (nSPS) is 13.3. The number of alkyl halides is 3. The number of carbonyl (C=O) groups is 1. The molecule has 0 saturated heterocycles. The van der Waals surface area contributed by atoms with Crippen molar-refractivity contribution in [3.63, 3.8) is 0 Å². The summed E-state index contributed by atoms with van der Waals surface area (Å²) in [5.74, 6) is 3.72. The maximum Gasteiger partial charge on any atom is 0.573 e. The van der Waals surface area contributed by atoms with Gasteiger partial charge in [-0.15, -0.1) is 13.2 Å². The van der Waals surface area contributed by atoms with E-state index >= 15 is 0 Å². The van der Waals surface area contributed by atoms with Crippen LogP contribution in [0.25, 0.3) is 0 Å². The Balaban J connectivity index is 0.000000451. The zero-order chi connectivity index (χ0) is 29.0. The highest BCUT2D eigenvalue weighted by atomic mass is 19.4. The molecule has 3 aromatic rings. The second-order valence-corrected chi connectivity index (χ2v) is 8.55. The fourth-order valence-electron chi connectivity index (χ4n) is 4.07. The number of ether oxygens (including phenoxy) is 1. The molecule has 12 heteroatoms. The number of amides is 1. The molecule has 0 atom stereocenters. The van der Waals surface area contributed by atoms with Crippen molar-refractivity contribution in [1.82, 2.24) is 20.2 Å². The third-order valence-corrected chi connectivity index (χ3v) is 5.76. The Morgan fingerprint density at radius 3 is 2.38 bits per heavy atom. The minimum absolute atomic E-state index is 0.0514. The number of halogens is 4. The molecule has 0 spiro atoms. The van der Waals surface area contributed by atoms with Crippen molar-refractivity contribution in [3.8, 4) is 5.75 Å². The van der Waals surface area contributed by atoms with Crippen LogP contribution in [-0.2, 0) is 6.54 Å². The number of aryl methyl sites for hydroxylation is 1. The predicted octanol–water partition coefficient (Wildman–Crippen LogP) is 5.40. The fourth-order valence-corrected chi connectivity index (χ4v) is 4.07. The van der Waals surface area contributed by atoms with E-state index in [0.29, 0.717) is 5.56 Å². The van der Waals surface area contributed by atoms with Crippen molar-refractivity contribution >= 4 is 5.91 Å². The summed E-state index contributed by atoms with van der Waals surface area (Å²) in [6, 6.07) is 10.3. The minimum atomic E-state index is -4.91. The molecular formula is C27H33F4N5O3. The molecule has 1 amide bonds. The highest BCUT2D eigenvalue weighted by Gasteiger charge is 2.32. The third-order valence-electron chi connectivity index (χ3n) is 5.76. The summed E-state index contributed by atoms with van der Waals surface area (Å²) in [6.07, 6.45) is 0.915. The smallest absolute Gasteiger partial charge is 0.404 e.